The Hall–Kier alpha value is -3.87. The molecule has 0 saturated heterocycles. The molecule has 3 aromatic rings. The fourth-order valence-corrected chi connectivity index (χ4v) is 3.27. The quantitative estimate of drug-likeness (QED) is 0.671. The van der Waals surface area contributed by atoms with Gasteiger partial charge < -0.3 is 4.42 Å². The fourth-order valence-electron chi connectivity index (χ4n) is 3.27. The van der Waals surface area contributed by atoms with Crippen LogP contribution < -0.4 is 15.9 Å². The van der Waals surface area contributed by atoms with E-state index in [-0.39, 0.29) is 6.04 Å². The molecule has 7 heteroatoms. The van der Waals surface area contributed by atoms with E-state index in [4.69, 9.17) is 4.42 Å². The summed E-state index contributed by atoms with van der Waals surface area (Å²) in [7, 11) is 0. The summed E-state index contributed by atoms with van der Waals surface area (Å²) in [5.41, 5.74) is 7.51. The van der Waals surface area contributed by atoms with Crippen LogP contribution in [0.3, 0.4) is 0 Å². The van der Waals surface area contributed by atoms with Gasteiger partial charge in [0.05, 0.1) is 23.6 Å². The molecule has 0 aliphatic carbocycles. The number of amides is 2. The zero-order valence-corrected chi connectivity index (χ0v) is 15.8. The topological polar surface area (TPSA) is 86.9 Å². The highest BCUT2D eigenvalue weighted by Gasteiger charge is 2.32. The summed E-state index contributed by atoms with van der Waals surface area (Å²) in [4.78, 5) is 24.8. The van der Waals surface area contributed by atoms with E-state index in [1.165, 1.54) is 6.26 Å². The predicted octanol–water partition coefficient (Wildman–Crippen LogP) is 3.36. The molecule has 7 nitrogen and oxygen atoms in total. The maximum atomic E-state index is 12.7. The summed E-state index contributed by atoms with van der Waals surface area (Å²) in [6, 6.07) is 21.0. The van der Waals surface area contributed by atoms with Crippen LogP contribution in [-0.2, 0) is 4.79 Å². The molecule has 29 heavy (non-hydrogen) atoms. The standard InChI is InChI=1S/C22H20N4O3/c1-15-18(12-13-29-15)21(27)23-24-22(28)19-14-20(16-8-4-2-5-9-16)26(25-19)17-10-6-3-7-11-17/h2-13,20H,14H2,1H3,(H,23,27)(H,24,28). The summed E-state index contributed by atoms with van der Waals surface area (Å²) in [5, 5.41) is 6.38. The van der Waals surface area contributed by atoms with Crippen molar-refractivity contribution in [3.63, 3.8) is 0 Å². The second kappa shape index (κ2) is 8.02. The van der Waals surface area contributed by atoms with Crippen LogP contribution in [-0.4, -0.2) is 17.5 Å². The molecule has 2 amide bonds. The van der Waals surface area contributed by atoms with Crippen molar-refractivity contribution in [1.82, 2.24) is 10.9 Å². The van der Waals surface area contributed by atoms with E-state index < -0.39 is 11.8 Å². The Morgan fingerprint density at radius 3 is 2.28 bits per heavy atom. The van der Waals surface area contributed by atoms with Crippen molar-refractivity contribution >= 4 is 23.2 Å². The second-order valence-electron chi connectivity index (χ2n) is 6.66. The number of anilines is 1. The van der Waals surface area contributed by atoms with Crippen LogP contribution in [0.5, 0.6) is 0 Å². The lowest BCUT2D eigenvalue weighted by Gasteiger charge is -2.23. The third-order valence-corrected chi connectivity index (χ3v) is 4.77. The zero-order valence-electron chi connectivity index (χ0n) is 15.8. The summed E-state index contributed by atoms with van der Waals surface area (Å²) < 4.78 is 5.11. The van der Waals surface area contributed by atoms with E-state index in [0.29, 0.717) is 23.5 Å². The Kier molecular flexibility index (Phi) is 5.11. The van der Waals surface area contributed by atoms with E-state index in [2.05, 4.69) is 16.0 Å². The average Bonchev–Trinajstić information content (AvgIpc) is 3.40. The van der Waals surface area contributed by atoms with Crippen LogP contribution in [0.1, 0.15) is 34.1 Å². The lowest BCUT2D eigenvalue weighted by atomic mass is 10.0. The molecule has 1 atom stereocenters. The van der Waals surface area contributed by atoms with E-state index in [1.807, 2.05) is 65.7 Å². The number of carbonyl (C=O) groups is 2. The van der Waals surface area contributed by atoms with Gasteiger partial charge in [0.2, 0.25) is 0 Å². The Morgan fingerprint density at radius 1 is 0.966 bits per heavy atom. The highest BCUT2D eigenvalue weighted by Crippen LogP contribution is 2.34. The Labute approximate surface area is 168 Å². The molecule has 0 spiro atoms. The number of hydrogen-bond donors (Lipinski definition) is 2. The Balaban J connectivity index is 1.51. The molecule has 1 aliphatic rings. The number of rotatable bonds is 4. The molecule has 1 aliphatic heterocycles. The smallest absolute Gasteiger partial charge is 0.285 e. The Morgan fingerprint density at radius 2 is 1.62 bits per heavy atom. The first kappa shape index (κ1) is 18.5. The molecule has 2 heterocycles. The van der Waals surface area contributed by atoms with E-state index in [9.17, 15) is 9.59 Å². The molecule has 2 aromatic carbocycles. The van der Waals surface area contributed by atoms with E-state index in [1.54, 1.807) is 13.0 Å². The zero-order chi connectivity index (χ0) is 20.2. The summed E-state index contributed by atoms with van der Waals surface area (Å²) in [6.07, 6.45) is 1.85. The van der Waals surface area contributed by atoms with Gasteiger partial charge in [-0.1, -0.05) is 48.5 Å². The fraction of sp³-hybridized carbons (Fsp3) is 0.136. The van der Waals surface area contributed by atoms with Crippen LogP contribution in [0.15, 0.2) is 82.5 Å². The molecular weight excluding hydrogens is 368 g/mol. The third-order valence-electron chi connectivity index (χ3n) is 4.77. The monoisotopic (exact) mass is 388 g/mol. The van der Waals surface area contributed by atoms with Crippen LogP contribution in [0.25, 0.3) is 0 Å². The van der Waals surface area contributed by atoms with Gasteiger partial charge in [-0.2, -0.15) is 5.10 Å². The number of furan rings is 1. The van der Waals surface area contributed by atoms with E-state index >= 15 is 0 Å². The predicted molar refractivity (Wildman–Crippen MR) is 109 cm³/mol. The minimum atomic E-state index is -0.445. The maximum absolute atomic E-state index is 12.7. The number of hydrazine groups is 1. The molecule has 1 aromatic heterocycles. The number of nitrogens with one attached hydrogen (secondary N) is 2. The normalized spacial score (nSPS) is 15.7. The van der Waals surface area contributed by atoms with Crippen molar-refractivity contribution in [2.45, 2.75) is 19.4 Å². The van der Waals surface area contributed by atoms with Crippen LogP contribution in [0.4, 0.5) is 5.69 Å². The lowest BCUT2D eigenvalue weighted by Crippen LogP contribution is -2.44. The number of benzene rings is 2. The first-order valence-corrected chi connectivity index (χ1v) is 9.25. The van der Waals surface area contributed by atoms with Gasteiger partial charge in [-0.05, 0) is 30.7 Å². The third kappa shape index (κ3) is 3.89. The molecule has 2 N–H and O–H groups in total. The molecular formula is C22H20N4O3. The molecule has 1 unspecified atom stereocenters. The molecule has 0 bridgehead atoms. The number of carbonyl (C=O) groups excluding carboxylic acids is 2. The molecule has 0 radical (unpaired) electrons. The van der Waals surface area contributed by atoms with Crippen molar-refractivity contribution < 1.29 is 14.0 Å². The highest BCUT2D eigenvalue weighted by molar-refractivity contribution is 6.39. The minimum absolute atomic E-state index is 0.105. The van der Waals surface area contributed by atoms with Gasteiger partial charge in [-0.15, -0.1) is 0 Å². The maximum Gasteiger partial charge on any atom is 0.285 e. The SMILES string of the molecule is Cc1occc1C(=O)NNC(=O)C1=NN(c2ccccc2)C(c2ccccc2)C1. The van der Waals surface area contributed by atoms with Gasteiger partial charge in [0.25, 0.3) is 11.8 Å². The van der Waals surface area contributed by atoms with Gasteiger partial charge in [0.1, 0.15) is 11.5 Å². The summed E-state index contributed by atoms with van der Waals surface area (Å²) in [6.45, 7) is 1.68. The number of para-hydroxylation sites is 1. The molecule has 4 rings (SSSR count). The number of hydrogen-bond acceptors (Lipinski definition) is 5. The van der Waals surface area contributed by atoms with Crippen LogP contribution in [0, 0.1) is 6.92 Å². The Bertz CT molecular complexity index is 1040. The van der Waals surface area contributed by atoms with Gasteiger partial charge in [0.15, 0.2) is 0 Å². The van der Waals surface area contributed by atoms with Crippen LogP contribution >= 0.6 is 0 Å². The summed E-state index contributed by atoms with van der Waals surface area (Å²) >= 11 is 0. The van der Waals surface area contributed by atoms with Crippen molar-refractivity contribution in [3.8, 4) is 0 Å². The molecule has 0 fully saturated rings. The van der Waals surface area contributed by atoms with Crippen molar-refractivity contribution in [3.05, 3.63) is 89.9 Å². The molecule has 0 saturated carbocycles. The van der Waals surface area contributed by atoms with Crippen LogP contribution in [0.2, 0.25) is 0 Å². The average molecular weight is 388 g/mol. The molecule has 146 valence electrons. The number of nitrogens with zero attached hydrogens (tertiary/aromatic N) is 2. The lowest BCUT2D eigenvalue weighted by molar-refractivity contribution is -0.115. The van der Waals surface area contributed by atoms with Crippen molar-refractivity contribution in [1.29, 1.82) is 0 Å². The number of hydrazone groups is 1. The van der Waals surface area contributed by atoms with Crippen molar-refractivity contribution in [2.24, 2.45) is 5.10 Å². The van der Waals surface area contributed by atoms with Gasteiger partial charge in [-0.25, -0.2) is 0 Å². The minimum Gasteiger partial charge on any atom is -0.469 e. The van der Waals surface area contributed by atoms with Gasteiger partial charge in [-0.3, -0.25) is 25.4 Å². The summed E-state index contributed by atoms with van der Waals surface area (Å²) in [5.74, 6) is -0.407. The van der Waals surface area contributed by atoms with Crippen molar-refractivity contribution in [2.75, 3.05) is 5.01 Å². The second-order valence-corrected chi connectivity index (χ2v) is 6.66. The number of aryl methyl sites for hydroxylation is 1. The highest BCUT2D eigenvalue weighted by atomic mass is 16.3. The van der Waals surface area contributed by atoms with Gasteiger partial charge >= 0.3 is 0 Å². The first-order valence-electron chi connectivity index (χ1n) is 9.25. The van der Waals surface area contributed by atoms with Gasteiger partial charge in [0, 0.05) is 6.42 Å². The first-order chi connectivity index (χ1) is 14.1. The largest absolute Gasteiger partial charge is 0.469 e. The van der Waals surface area contributed by atoms with E-state index in [0.717, 1.165) is 11.3 Å².